The molecule has 1 aromatic rings. The lowest BCUT2D eigenvalue weighted by molar-refractivity contribution is 0.0184. The lowest BCUT2D eigenvalue weighted by Crippen LogP contribution is -2.59. The van der Waals surface area contributed by atoms with E-state index in [-0.39, 0.29) is 0 Å². The molecule has 0 aromatic carbocycles. The molecule has 0 saturated carbocycles. The molecule has 1 unspecified atom stereocenters. The zero-order valence-electron chi connectivity index (χ0n) is 13.9. The Balaban J connectivity index is 1.42. The minimum Gasteiger partial charge on any atom is -0.298 e. The summed E-state index contributed by atoms with van der Waals surface area (Å²) in [6, 6.07) is 0.793. The molecule has 3 heterocycles. The molecule has 122 valence electrons. The number of hydrogen-bond acceptors (Lipinski definition) is 5. The summed E-state index contributed by atoms with van der Waals surface area (Å²) >= 11 is 1.77. The molecule has 3 rings (SSSR count). The van der Waals surface area contributed by atoms with Crippen LogP contribution in [-0.4, -0.2) is 57.2 Å². The molecule has 1 aromatic heterocycles. The summed E-state index contributed by atoms with van der Waals surface area (Å²) in [6.45, 7) is 10.5. The maximum atomic E-state index is 4.50. The Hall–Kier alpha value is -0.650. The molecule has 4 nitrogen and oxygen atoms in total. The molecule has 22 heavy (non-hydrogen) atoms. The van der Waals surface area contributed by atoms with Crippen LogP contribution in [0.3, 0.4) is 0 Å². The average Bonchev–Trinajstić information content (AvgIpc) is 2.52. The quantitative estimate of drug-likeness (QED) is 0.594. The molecule has 0 aliphatic carbocycles. The SMILES string of the molecule is CCC(C)Sc1ncc(CN2CC(N3CCCCC3)C2)cn1. The fourth-order valence-electron chi connectivity index (χ4n) is 3.19. The number of hydrogen-bond donors (Lipinski definition) is 0. The third kappa shape index (κ3) is 4.21. The molecule has 5 heteroatoms. The highest BCUT2D eigenvalue weighted by Gasteiger charge is 2.32. The van der Waals surface area contributed by atoms with Gasteiger partial charge in [-0.1, -0.05) is 32.0 Å². The van der Waals surface area contributed by atoms with Crippen molar-refractivity contribution in [2.45, 2.75) is 62.5 Å². The fraction of sp³-hybridized carbons (Fsp3) is 0.765. The normalized spacial score (nSPS) is 22.5. The highest BCUT2D eigenvalue weighted by atomic mass is 32.2. The third-order valence-corrected chi connectivity index (χ3v) is 5.97. The van der Waals surface area contributed by atoms with Gasteiger partial charge in [0.05, 0.1) is 0 Å². The second-order valence-electron chi connectivity index (χ2n) is 6.66. The Morgan fingerprint density at radius 1 is 1.18 bits per heavy atom. The zero-order chi connectivity index (χ0) is 15.4. The van der Waals surface area contributed by atoms with Gasteiger partial charge in [0.25, 0.3) is 0 Å². The monoisotopic (exact) mass is 320 g/mol. The van der Waals surface area contributed by atoms with E-state index in [4.69, 9.17) is 0 Å². The Morgan fingerprint density at radius 2 is 1.86 bits per heavy atom. The molecule has 0 radical (unpaired) electrons. The van der Waals surface area contributed by atoms with Gasteiger partial charge in [-0.2, -0.15) is 0 Å². The second-order valence-corrected chi connectivity index (χ2v) is 8.06. The van der Waals surface area contributed by atoms with Gasteiger partial charge in [0, 0.05) is 48.9 Å². The van der Waals surface area contributed by atoms with E-state index in [0.29, 0.717) is 5.25 Å². The van der Waals surface area contributed by atoms with Crippen LogP contribution in [0.25, 0.3) is 0 Å². The molecule has 0 bridgehead atoms. The first-order valence-corrected chi connectivity index (χ1v) is 9.56. The van der Waals surface area contributed by atoms with Crippen molar-refractivity contribution < 1.29 is 0 Å². The molecule has 1 atom stereocenters. The van der Waals surface area contributed by atoms with Gasteiger partial charge in [0.1, 0.15) is 0 Å². The van der Waals surface area contributed by atoms with Crippen molar-refractivity contribution in [3.05, 3.63) is 18.0 Å². The first-order valence-electron chi connectivity index (χ1n) is 8.68. The Bertz CT molecular complexity index is 452. The average molecular weight is 321 g/mol. The fourth-order valence-corrected chi connectivity index (χ4v) is 3.95. The first-order chi connectivity index (χ1) is 10.7. The summed E-state index contributed by atoms with van der Waals surface area (Å²) in [5.74, 6) is 0. The number of aromatic nitrogens is 2. The highest BCUT2D eigenvalue weighted by molar-refractivity contribution is 7.99. The third-order valence-electron chi connectivity index (χ3n) is 4.81. The number of rotatable bonds is 6. The lowest BCUT2D eigenvalue weighted by Gasteiger charge is -2.46. The first kappa shape index (κ1) is 16.2. The summed E-state index contributed by atoms with van der Waals surface area (Å²) in [5.41, 5.74) is 1.24. The smallest absolute Gasteiger partial charge is 0.187 e. The standard InChI is InChI=1S/C17H28N4S/c1-3-14(2)22-17-18-9-15(10-19-17)11-20-12-16(13-20)21-7-5-4-6-8-21/h9-10,14,16H,3-8,11-13H2,1-2H3. The van der Waals surface area contributed by atoms with E-state index in [1.165, 1.54) is 51.0 Å². The Kier molecular flexibility index (Phi) is 5.71. The van der Waals surface area contributed by atoms with Gasteiger partial charge in [-0.25, -0.2) is 9.97 Å². The minimum absolute atomic E-state index is 0.589. The van der Waals surface area contributed by atoms with Gasteiger partial charge in [-0.15, -0.1) is 0 Å². The minimum atomic E-state index is 0.589. The van der Waals surface area contributed by atoms with Crippen molar-refractivity contribution in [1.29, 1.82) is 0 Å². The van der Waals surface area contributed by atoms with Crippen molar-refractivity contribution in [3.8, 4) is 0 Å². The van der Waals surface area contributed by atoms with Gasteiger partial charge < -0.3 is 0 Å². The predicted molar refractivity (Wildman–Crippen MR) is 92.1 cm³/mol. The maximum Gasteiger partial charge on any atom is 0.187 e. The van der Waals surface area contributed by atoms with Gasteiger partial charge in [0.15, 0.2) is 5.16 Å². The topological polar surface area (TPSA) is 32.3 Å². The summed E-state index contributed by atoms with van der Waals surface area (Å²) < 4.78 is 0. The van der Waals surface area contributed by atoms with Gasteiger partial charge in [-0.05, 0) is 32.4 Å². The van der Waals surface area contributed by atoms with E-state index in [2.05, 4.69) is 33.6 Å². The van der Waals surface area contributed by atoms with E-state index in [1.54, 1.807) is 11.8 Å². The molecule has 2 aliphatic heterocycles. The van der Waals surface area contributed by atoms with Crippen molar-refractivity contribution >= 4 is 11.8 Å². The predicted octanol–water partition coefficient (Wildman–Crippen LogP) is 3.04. The van der Waals surface area contributed by atoms with Gasteiger partial charge >= 0.3 is 0 Å². The van der Waals surface area contributed by atoms with E-state index in [0.717, 1.165) is 24.2 Å². The van der Waals surface area contributed by atoms with Crippen LogP contribution in [0.5, 0.6) is 0 Å². The van der Waals surface area contributed by atoms with E-state index >= 15 is 0 Å². The van der Waals surface area contributed by atoms with E-state index in [1.807, 2.05) is 12.4 Å². The van der Waals surface area contributed by atoms with Crippen LogP contribution >= 0.6 is 11.8 Å². The summed E-state index contributed by atoms with van der Waals surface area (Å²) in [5, 5.41) is 1.50. The van der Waals surface area contributed by atoms with Crippen molar-refractivity contribution in [1.82, 2.24) is 19.8 Å². The van der Waals surface area contributed by atoms with Crippen LogP contribution < -0.4 is 0 Å². The van der Waals surface area contributed by atoms with Crippen LogP contribution in [-0.2, 0) is 6.54 Å². The second kappa shape index (κ2) is 7.75. The number of thioether (sulfide) groups is 1. The molecule has 2 fully saturated rings. The van der Waals surface area contributed by atoms with Crippen LogP contribution in [0.1, 0.15) is 45.1 Å². The van der Waals surface area contributed by atoms with Crippen LogP contribution in [0, 0.1) is 0 Å². The molecular formula is C17H28N4S. The maximum absolute atomic E-state index is 4.50. The van der Waals surface area contributed by atoms with Crippen LogP contribution in [0.4, 0.5) is 0 Å². The summed E-state index contributed by atoms with van der Waals surface area (Å²) in [4.78, 5) is 14.2. The Labute approximate surface area is 138 Å². The highest BCUT2D eigenvalue weighted by Crippen LogP contribution is 2.23. The van der Waals surface area contributed by atoms with Crippen molar-refractivity contribution in [3.63, 3.8) is 0 Å². The number of nitrogens with zero attached hydrogens (tertiary/aromatic N) is 4. The van der Waals surface area contributed by atoms with Gasteiger partial charge in [-0.3, -0.25) is 9.80 Å². The molecule has 0 amide bonds. The van der Waals surface area contributed by atoms with Crippen molar-refractivity contribution in [2.75, 3.05) is 26.2 Å². The van der Waals surface area contributed by atoms with Crippen LogP contribution in [0.2, 0.25) is 0 Å². The van der Waals surface area contributed by atoms with E-state index < -0.39 is 0 Å². The Morgan fingerprint density at radius 3 is 2.50 bits per heavy atom. The molecule has 2 saturated heterocycles. The van der Waals surface area contributed by atoms with Crippen LogP contribution in [0.15, 0.2) is 17.6 Å². The summed E-state index contributed by atoms with van der Waals surface area (Å²) in [7, 11) is 0. The molecular weight excluding hydrogens is 292 g/mol. The zero-order valence-corrected chi connectivity index (χ0v) is 14.7. The van der Waals surface area contributed by atoms with Gasteiger partial charge in [0.2, 0.25) is 0 Å². The number of likely N-dealkylation sites (tertiary alicyclic amines) is 2. The molecule has 0 N–H and O–H groups in total. The molecule has 2 aliphatic rings. The van der Waals surface area contributed by atoms with E-state index in [9.17, 15) is 0 Å². The lowest BCUT2D eigenvalue weighted by atomic mass is 10.0. The largest absolute Gasteiger partial charge is 0.298 e. The van der Waals surface area contributed by atoms with Crippen molar-refractivity contribution in [2.24, 2.45) is 0 Å². The molecule has 0 spiro atoms. The summed E-state index contributed by atoms with van der Waals surface area (Å²) in [6.07, 6.45) is 9.36. The number of piperidine rings is 1.